The smallest absolute Gasteiger partial charge is 0.188 e. The summed E-state index contributed by atoms with van der Waals surface area (Å²) in [5.41, 5.74) is 15.7. The van der Waals surface area contributed by atoms with Crippen LogP contribution in [0.15, 0.2) is 218 Å². The van der Waals surface area contributed by atoms with Crippen molar-refractivity contribution in [2.75, 3.05) is 27.8 Å². The Kier molecular flexibility index (Phi) is 11.5. The van der Waals surface area contributed by atoms with Crippen LogP contribution in [0.5, 0.6) is 11.5 Å². The van der Waals surface area contributed by atoms with Crippen molar-refractivity contribution in [3.05, 3.63) is 218 Å². The lowest BCUT2D eigenvalue weighted by Gasteiger charge is -2.20. The Morgan fingerprint density at radius 3 is 0.859 bits per heavy atom. The topological polar surface area (TPSA) is 36.9 Å². The van der Waals surface area contributed by atoms with Crippen molar-refractivity contribution in [3.8, 4) is 89.4 Å². The average Bonchev–Trinajstić information content (AvgIpc) is 3.37. The molecule has 0 aromatic heterocycles. The molecule has 10 aromatic rings. The molecule has 0 radical (unpaired) electrons. The van der Waals surface area contributed by atoms with Gasteiger partial charge in [-0.25, -0.2) is 0 Å². The van der Waals surface area contributed by atoms with E-state index >= 15 is 0 Å². The zero-order chi connectivity index (χ0) is 43.2. The Morgan fingerprint density at radius 2 is 0.562 bits per heavy atom. The Labute approximate surface area is 374 Å². The Hall–Kier alpha value is -7.76. The molecule has 0 saturated heterocycles. The molecule has 0 atom stereocenters. The molecule has 4 nitrogen and oxygen atoms in total. The number of fused-ring (bicyclic) bond motifs is 2. The van der Waals surface area contributed by atoms with Gasteiger partial charge in [0.2, 0.25) is 0 Å². The van der Waals surface area contributed by atoms with Gasteiger partial charge in [0.25, 0.3) is 0 Å². The second kappa shape index (κ2) is 18.3. The maximum Gasteiger partial charge on any atom is 0.188 e. The van der Waals surface area contributed by atoms with Crippen molar-refractivity contribution < 1.29 is 18.9 Å². The summed E-state index contributed by atoms with van der Waals surface area (Å²) in [6.45, 7) is 0.186. The molecule has 0 aliphatic heterocycles. The first-order valence-corrected chi connectivity index (χ1v) is 21.5. The van der Waals surface area contributed by atoms with Crippen molar-refractivity contribution in [2.45, 2.75) is 0 Å². The Balaban J connectivity index is 1.14. The maximum absolute atomic E-state index is 6.40. The minimum Gasteiger partial charge on any atom is -0.467 e. The molecule has 0 heterocycles. The summed E-state index contributed by atoms with van der Waals surface area (Å²) in [5, 5.41) is 4.20. The molecule has 0 fully saturated rings. The van der Waals surface area contributed by atoms with Crippen LogP contribution in [0.25, 0.3) is 99.4 Å². The molecular weight excluding hydrogens is 785 g/mol. The van der Waals surface area contributed by atoms with Crippen LogP contribution in [0.3, 0.4) is 0 Å². The number of hydrogen-bond acceptors (Lipinski definition) is 4. The van der Waals surface area contributed by atoms with Crippen LogP contribution < -0.4 is 9.47 Å². The number of hydrogen-bond donors (Lipinski definition) is 0. The van der Waals surface area contributed by atoms with E-state index in [9.17, 15) is 0 Å². The lowest BCUT2D eigenvalue weighted by molar-refractivity contribution is 0.0502. The summed E-state index contributed by atoms with van der Waals surface area (Å²) in [5.74, 6) is 1.39. The number of rotatable bonds is 13. The fraction of sp³-hybridized carbons (Fsp3) is 0.0667. The molecular formula is C60H46O4. The van der Waals surface area contributed by atoms with E-state index in [0.29, 0.717) is 11.5 Å². The molecule has 4 heteroatoms. The Bertz CT molecular complexity index is 2880. The van der Waals surface area contributed by atoms with Gasteiger partial charge in [-0.15, -0.1) is 0 Å². The van der Waals surface area contributed by atoms with Gasteiger partial charge >= 0.3 is 0 Å². The molecule has 0 unspecified atom stereocenters. The van der Waals surface area contributed by atoms with E-state index in [-0.39, 0.29) is 13.6 Å². The van der Waals surface area contributed by atoms with Crippen molar-refractivity contribution in [1.82, 2.24) is 0 Å². The van der Waals surface area contributed by atoms with Crippen LogP contribution in [0.2, 0.25) is 0 Å². The minimum atomic E-state index is 0.0931. The highest BCUT2D eigenvalue weighted by Gasteiger charge is 2.21. The molecule has 0 N–H and O–H groups in total. The molecule has 310 valence electrons. The van der Waals surface area contributed by atoms with Gasteiger partial charge in [0.1, 0.15) is 11.5 Å². The van der Waals surface area contributed by atoms with Crippen molar-refractivity contribution in [2.24, 2.45) is 0 Å². The highest BCUT2D eigenvalue weighted by molar-refractivity contribution is 6.11. The van der Waals surface area contributed by atoms with E-state index in [4.69, 9.17) is 18.9 Å². The molecule has 0 aliphatic carbocycles. The molecule has 64 heavy (non-hydrogen) atoms. The van der Waals surface area contributed by atoms with E-state index in [1.54, 1.807) is 14.2 Å². The number of benzene rings is 10. The van der Waals surface area contributed by atoms with Gasteiger partial charge in [0, 0.05) is 25.3 Å². The summed E-state index contributed by atoms with van der Waals surface area (Å²) < 4.78 is 23.7. The predicted octanol–water partition coefficient (Wildman–Crippen LogP) is 15.6. The summed E-state index contributed by atoms with van der Waals surface area (Å²) in [6, 6.07) is 77.8. The third-order valence-corrected chi connectivity index (χ3v) is 11.8. The van der Waals surface area contributed by atoms with Crippen LogP contribution in [0.1, 0.15) is 0 Å². The lowest BCUT2D eigenvalue weighted by atomic mass is 9.88. The van der Waals surface area contributed by atoms with E-state index in [0.717, 1.165) is 54.9 Å². The molecule has 0 bridgehead atoms. The predicted molar refractivity (Wildman–Crippen MR) is 265 cm³/mol. The van der Waals surface area contributed by atoms with Crippen molar-refractivity contribution in [1.29, 1.82) is 0 Å². The monoisotopic (exact) mass is 830 g/mol. The normalized spacial score (nSPS) is 11.2. The summed E-state index contributed by atoms with van der Waals surface area (Å²) in [4.78, 5) is 0. The standard InChI is InChI=1S/C60H46O4/c1-61-39-63-57-29-25-47-31-45(53-35-49(41-15-7-3-8-16-41)33-50(36-53)42-17-9-4-10-18-42)23-27-55(47)59(57)60-56-28-24-46(32-48(56)26-30-58(60)64-40-62-2)54-37-51(43-19-11-5-12-20-43)34-52(38-54)44-21-13-6-14-22-44/h3-38H,39-40H2,1-2H3. The van der Waals surface area contributed by atoms with Crippen LogP contribution in [0, 0.1) is 0 Å². The molecule has 10 aromatic carbocycles. The molecule has 0 spiro atoms. The summed E-state index contributed by atoms with van der Waals surface area (Å²) in [6.07, 6.45) is 0. The van der Waals surface area contributed by atoms with E-state index < -0.39 is 0 Å². The molecule has 0 aliphatic rings. The minimum absolute atomic E-state index is 0.0931. The van der Waals surface area contributed by atoms with E-state index in [1.165, 1.54) is 44.5 Å². The van der Waals surface area contributed by atoms with Gasteiger partial charge in [-0.1, -0.05) is 158 Å². The fourth-order valence-electron chi connectivity index (χ4n) is 8.76. The SMILES string of the molecule is COCOc1ccc2cc(-c3cc(-c4ccccc4)cc(-c4ccccc4)c3)ccc2c1-c1c(OCOC)ccc2cc(-c3cc(-c4ccccc4)cc(-c4ccccc4)c3)ccc12. The third-order valence-electron chi connectivity index (χ3n) is 11.8. The van der Waals surface area contributed by atoms with Crippen LogP contribution >= 0.6 is 0 Å². The zero-order valence-corrected chi connectivity index (χ0v) is 35.8. The van der Waals surface area contributed by atoms with Crippen LogP contribution in [-0.2, 0) is 9.47 Å². The van der Waals surface area contributed by atoms with Crippen molar-refractivity contribution >= 4 is 21.5 Å². The van der Waals surface area contributed by atoms with Crippen LogP contribution in [-0.4, -0.2) is 27.8 Å². The van der Waals surface area contributed by atoms with Gasteiger partial charge in [-0.3, -0.25) is 0 Å². The Morgan fingerprint density at radius 1 is 0.266 bits per heavy atom. The van der Waals surface area contributed by atoms with Gasteiger partial charge in [0.15, 0.2) is 13.6 Å². The van der Waals surface area contributed by atoms with Gasteiger partial charge in [-0.2, -0.15) is 0 Å². The molecule has 10 rings (SSSR count). The van der Waals surface area contributed by atoms with Gasteiger partial charge in [-0.05, 0) is 149 Å². The summed E-state index contributed by atoms with van der Waals surface area (Å²) >= 11 is 0. The first kappa shape index (κ1) is 40.3. The quantitative estimate of drug-likeness (QED) is 0.108. The van der Waals surface area contributed by atoms with E-state index in [2.05, 4.69) is 206 Å². The largest absolute Gasteiger partial charge is 0.467 e. The highest BCUT2D eigenvalue weighted by Crippen LogP contribution is 2.47. The first-order valence-electron chi connectivity index (χ1n) is 21.5. The zero-order valence-electron chi connectivity index (χ0n) is 35.8. The van der Waals surface area contributed by atoms with Gasteiger partial charge < -0.3 is 18.9 Å². The molecule has 0 amide bonds. The first-order chi connectivity index (χ1) is 31.6. The lowest BCUT2D eigenvalue weighted by Crippen LogP contribution is -2.04. The second-order valence-electron chi connectivity index (χ2n) is 15.9. The van der Waals surface area contributed by atoms with E-state index in [1.807, 2.05) is 12.1 Å². The second-order valence-corrected chi connectivity index (χ2v) is 15.9. The highest BCUT2D eigenvalue weighted by atomic mass is 16.7. The van der Waals surface area contributed by atoms with Gasteiger partial charge in [0.05, 0.1) is 0 Å². The number of methoxy groups -OCH3 is 2. The van der Waals surface area contributed by atoms with Crippen LogP contribution in [0.4, 0.5) is 0 Å². The average molecular weight is 831 g/mol. The maximum atomic E-state index is 6.40. The number of ether oxygens (including phenoxy) is 4. The van der Waals surface area contributed by atoms with Crippen molar-refractivity contribution in [3.63, 3.8) is 0 Å². The fourth-order valence-corrected chi connectivity index (χ4v) is 8.76. The summed E-state index contributed by atoms with van der Waals surface area (Å²) in [7, 11) is 3.28. The molecule has 0 saturated carbocycles. The third kappa shape index (κ3) is 8.28.